The standard InChI is InChI=1S/C12H15N3O3S2/c1-7-3-2-4-8-9(13)11(19-10(7)8)12(16)15-5-6-20(14,17)18/h2-4H,5-6,13H2,1H3,(H,15,16)(H2,14,17,18). The number of thiophene rings is 1. The molecule has 0 saturated heterocycles. The van der Waals surface area contributed by atoms with Crippen molar-refractivity contribution in [3.63, 3.8) is 0 Å². The molecule has 20 heavy (non-hydrogen) atoms. The van der Waals surface area contributed by atoms with Gasteiger partial charge in [0, 0.05) is 16.6 Å². The van der Waals surface area contributed by atoms with E-state index in [1.165, 1.54) is 11.3 Å². The summed E-state index contributed by atoms with van der Waals surface area (Å²) in [6.45, 7) is 1.91. The number of aryl methyl sites for hydroxylation is 1. The molecule has 0 fully saturated rings. The Hall–Kier alpha value is -1.64. The summed E-state index contributed by atoms with van der Waals surface area (Å²) in [5.41, 5.74) is 7.44. The van der Waals surface area contributed by atoms with E-state index >= 15 is 0 Å². The van der Waals surface area contributed by atoms with Crippen molar-refractivity contribution in [2.45, 2.75) is 6.92 Å². The molecule has 0 aliphatic rings. The Morgan fingerprint density at radius 2 is 2.10 bits per heavy atom. The summed E-state index contributed by atoms with van der Waals surface area (Å²) in [6, 6.07) is 5.68. The molecule has 0 aliphatic carbocycles. The normalized spacial score (nSPS) is 11.7. The van der Waals surface area contributed by atoms with Crippen molar-refractivity contribution in [1.82, 2.24) is 5.32 Å². The molecule has 1 aromatic heterocycles. The summed E-state index contributed by atoms with van der Waals surface area (Å²) in [6.07, 6.45) is 0. The molecule has 5 N–H and O–H groups in total. The number of amides is 1. The van der Waals surface area contributed by atoms with E-state index < -0.39 is 10.0 Å². The first kappa shape index (κ1) is 14.8. The minimum absolute atomic E-state index is 0.0374. The first-order valence-electron chi connectivity index (χ1n) is 5.86. The molecule has 0 bridgehead atoms. The summed E-state index contributed by atoms with van der Waals surface area (Å²) in [7, 11) is -3.59. The summed E-state index contributed by atoms with van der Waals surface area (Å²) < 4.78 is 22.6. The van der Waals surface area contributed by atoms with Crippen LogP contribution in [-0.2, 0) is 10.0 Å². The van der Waals surface area contributed by atoms with Gasteiger partial charge in [0.05, 0.1) is 11.4 Å². The lowest BCUT2D eigenvalue weighted by Gasteiger charge is -2.03. The number of sulfonamides is 1. The van der Waals surface area contributed by atoms with E-state index in [-0.39, 0.29) is 18.2 Å². The lowest BCUT2D eigenvalue weighted by Crippen LogP contribution is -2.31. The molecule has 108 valence electrons. The van der Waals surface area contributed by atoms with Crippen molar-refractivity contribution >= 4 is 43.0 Å². The van der Waals surface area contributed by atoms with E-state index in [0.717, 1.165) is 15.6 Å². The number of hydrogen-bond acceptors (Lipinski definition) is 5. The zero-order valence-electron chi connectivity index (χ0n) is 10.8. The molecule has 1 heterocycles. The number of hydrogen-bond donors (Lipinski definition) is 3. The second-order valence-electron chi connectivity index (χ2n) is 4.42. The molecule has 0 unspecified atom stereocenters. The maximum atomic E-state index is 12.0. The molecule has 8 heteroatoms. The molecule has 2 aromatic rings. The topological polar surface area (TPSA) is 115 Å². The van der Waals surface area contributed by atoms with Crippen molar-refractivity contribution in [2.75, 3.05) is 18.0 Å². The van der Waals surface area contributed by atoms with Crippen LogP contribution in [0.2, 0.25) is 0 Å². The lowest BCUT2D eigenvalue weighted by atomic mass is 10.1. The van der Waals surface area contributed by atoms with Crippen LogP contribution in [0.1, 0.15) is 15.2 Å². The van der Waals surface area contributed by atoms with E-state index in [0.29, 0.717) is 10.6 Å². The predicted molar refractivity (Wildman–Crippen MR) is 81.3 cm³/mol. The van der Waals surface area contributed by atoms with E-state index in [4.69, 9.17) is 10.9 Å². The molecule has 0 aliphatic heterocycles. The van der Waals surface area contributed by atoms with Crippen LogP contribution < -0.4 is 16.2 Å². The maximum absolute atomic E-state index is 12.0. The van der Waals surface area contributed by atoms with Crippen molar-refractivity contribution in [3.05, 3.63) is 28.6 Å². The van der Waals surface area contributed by atoms with E-state index in [2.05, 4.69) is 5.32 Å². The van der Waals surface area contributed by atoms with Crippen LogP contribution in [0.3, 0.4) is 0 Å². The van der Waals surface area contributed by atoms with E-state index in [1.54, 1.807) is 0 Å². The highest BCUT2D eigenvalue weighted by Gasteiger charge is 2.17. The summed E-state index contributed by atoms with van der Waals surface area (Å²) in [4.78, 5) is 12.4. The Kier molecular flexibility index (Phi) is 3.98. The number of carbonyl (C=O) groups excluding carboxylic acids is 1. The lowest BCUT2D eigenvalue weighted by molar-refractivity contribution is 0.0961. The SMILES string of the molecule is Cc1cccc2c(N)c(C(=O)NCCS(N)(=O)=O)sc12. The molecule has 1 aromatic carbocycles. The minimum atomic E-state index is -3.59. The average Bonchev–Trinajstić information content (AvgIpc) is 2.67. The Bertz CT molecular complexity index is 766. The second-order valence-corrected chi connectivity index (χ2v) is 7.17. The van der Waals surface area contributed by atoms with Gasteiger partial charge < -0.3 is 11.1 Å². The van der Waals surface area contributed by atoms with Crippen LogP contribution in [0.15, 0.2) is 18.2 Å². The smallest absolute Gasteiger partial charge is 0.263 e. The van der Waals surface area contributed by atoms with E-state index in [9.17, 15) is 13.2 Å². The highest BCUT2D eigenvalue weighted by atomic mass is 32.2. The van der Waals surface area contributed by atoms with E-state index in [1.807, 2.05) is 25.1 Å². The van der Waals surface area contributed by atoms with Gasteiger partial charge in [0.15, 0.2) is 0 Å². The number of fused-ring (bicyclic) bond motifs is 1. The van der Waals surface area contributed by atoms with Crippen LogP contribution in [0, 0.1) is 6.92 Å². The third kappa shape index (κ3) is 3.09. The number of nitrogen functional groups attached to an aromatic ring is 1. The fourth-order valence-corrected chi connectivity index (χ4v) is 3.33. The van der Waals surface area contributed by atoms with Gasteiger partial charge in [-0.3, -0.25) is 4.79 Å². The highest BCUT2D eigenvalue weighted by molar-refractivity contribution is 7.89. The Morgan fingerprint density at radius 3 is 2.70 bits per heavy atom. The molecule has 1 amide bonds. The number of nitrogens with one attached hydrogen (secondary N) is 1. The highest BCUT2D eigenvalue weighted by Crippen LogP contribution is 2.35. The van der Waals surface area contributed by atoms with Crippen molar-refractivity contribution in [3.8, 4) is 0 Å². The molecule has 0 radical (unpaired) electrons. The van der Waals surface area contributed by atoms with Gasteiger partial charge in [0.25, 0.3) is 5.91 Å². The first-order chi connectivity index (χ1) is 9.29. The Labute approximate surface area is 120 Å². The first-order valence-corrected chi connectivity index (χ1v) is 8.39. The van der Waals surface area contributed by atoms with Gasteiger partial charge in [0.1, 0.15) is 4.88 Å². The third-order valence-corrected chi connectivity index (χ3v) is 4.96. The van der Waals surface area contributed by atoms with Crippen LogP contribution in [0.25, 0.3) is 10.1 Å². The maximum Gasteiger partial charge on any atom is 0.263 e. The largest absolute Gasteiger partial charge is 0.397 e. The third-order valence-electron chi connectivity index (χ3n) is 2.83. The number of rotatable bonds is 4. The van der Waals surface area contributed by atoms with Crippen LogP contribution in [0.4, 0.5) is 5.69 Å². The monoisotopic (exact) mass is 313 g/mol. The van der Waals surface area contributed by atoms with Crippen molar-refractivity contribution < 1.29 is 13.2 Å². The van der Waals surface area contributed by atoms with Gasteiger partial charge in [0.2, 0.25) is 10.0 Å². The molecule has 6 nitrogen and oxygen atoms in total. The number of primary sulfonamides is 1. The predicted octanol–water partition coefficient (Wildman–Crippen LogP) is 0.810. The van der Waals surface area contributed by atoms with Gasteiger partial charge in [-0.05, 0) is 12.5 Å². The second kappa shape index (κ2) is 5.39. The Morgan fingerprint density at radius 1 is 1.40 bits per heavy atom. The van der Waals surface area contributed by atoms with Crippen molar-refractivity contribution in [2.24, 2.45) is 5.14 Å². The number of nitrogens with two attached hydrogens (primary N) is 2. The van der Waals surface area contributed by atoms with Gasteiger partial charge in [-0.15, -0.1) is 11.3 Å². The van der Waals surface area contributed by atoms with Crippen LogP contribution in [-0.4, -0.2) is 26.6 Å². The fourth-order valence-electron chi connectivity index (χ4n) is 1.84. The number of anilines is 1. The van der Waals surface area contributed by atoms with Crippen LogP contribution in [0.5, 0.6) is 0 Å². The zero-order chi connectivity index (χ0) is 14.9. The van der Waals surface area contributed by atoms with Gasteiger partial charge >= 0.3 is 0 Å². The summed E-state index contributed by atoms with van der Waals surface area (Å²) >= 11 is 1.30. The number of benzene rings is 1. The Balaban J connectivity index is 2.23. The van der Waals surface area contributed by atoms with Gasteiger partial charge in [-0.1, -0.05) is 18.2 Å². The minimum Gasteiger partial charge on any atom is -0.397 e. The molecule has 0 spiro atoms. The fraction of sp³-hybridized carbons (Fsp3) is 0.250. The summed E-state index contributed by atoms with van der Waals surface area (Å²) in [5, 5.41) is 8.22. The molecule has 0 atom stereocenters. The molecular weight excluding hydrogens is 298 g/mol. The van der Waals surface area contributed by atoms with Gasteiger partial charge in [-0.2, -0.15) is 0 Å². The molecular formula is C12H15N3O3S2. The molecule has 0 saturated carbocycles. The summed E-state index contributed by atoms with van der Waals surface area (Å²) in [5.74, 6) is -0.686. The zero-order valence-corrected chi connectivity index (χ0v) is 12.5. The number of carbonyl (C=O) groups is 1. The van der Waals surface area contributed by atoms with Crippen molar-refractivity contribution in [1.29, 1.82) is 0 Å². The average molecular weight is 313 g/mol. The van der Waals surface area contributed by atoms with Crippen LogP contribution >= 0.6 is 11.3 Å². The van der Waals surface area contributed by atoms with Gasteiger partial charge in [-0.25, -0.2) is 13.6 Å². The molecule has 2 rings (SSSR count). The quantitative estimate of drug-likeness (QED) is 0.774.